The summed E-state index contributed by atoms with van der Waals surface area (Å²) in [5, 5.41) is 6.44. The van der Waals surface area contributed by atoms with Crippen molar-refractivity contribution in [2.45, 2.75) is 25.3 Å². The lowest BCUT2D eigenvalue weighted by Gasteiger charge is -2.15. The number of benzene rings is 1. The molecule has 1 saturated heterocycles. The standard InChI is InChI=1S/C13H18N2O/c16-13(11-5-2-1-3-6-11)15-12-7-4-9-14-10-8-12/h1-3,5-6,12,14H,4,7-10H2,(H,15,16)/t12-/m1/s1. The second-order valence-electron chi connectivity index (χ2n) is 4.22. The van der Waals surface area contributed by atoms with Crippen molar-refractivity contribution in [3.63, 3.8) is 0 Å². The first-order valence-electron chi connectivity index (χ1n) is 5.93. The largest absolute Gasteiger partial charge is 0.349 e. The van der Waals surface area contributed by atoms with Crippen molar-refractivity contribution in [2.75, 3.05) is 13.1 Å². The van der Waals surface area contributed by atoms with Gasteiger partial charge in [0.2, 0.25) is 0 Å². The van der Waals surface area contributed by atoms with Crippen LogP contribution in [-0.4, -0.2) is 25.0 Å². The molecule has 0 aliphatic carbocycles. The molecule has 0 bridgehead atoms. The van der Waals surface area contributed by atoms with E-state index >= 15 is 0 Å². The maximum Gasteiger partial charge on any atom is 0.251 e. The molecule has 1 fully saturated rings. The van der Waals surface area contributed by atoms with Crippen molar-refractivity contribution < 1.29 is 4.79 Å². The van der Waals surface area contributed by atoms with Crippen LogP contribution >= 0.6 is 0 Å². The molecule has 1 aromatic carbocycles. The third-order valence-corrected chi connectivity index (χ3v) is 2.95. The van der Waals surface area contributed by atoms with Gasteiger partial charge in [0, 0.05) is 11.6 Å². The van der Waals surface area contributed by atoms with Gasteiger partial charge < -0.3 is 10.6 Å². The van der Waals surface area contributed by atoms with E-state index < -0.39 is 0 Å². The fourth-order valence-corrected chi connectivity index (χ4v) is 2.02. The molecule has 0 radical (unpaired) electrons. The molecule has 3 nitrogen and oxygen atoms in total. The minimum Gasteiger partial charge on any atom is -0.349 e. The van der Waals surface area contributed by atoms with Crippen LogP contribution in [0, 0.1) is 0 Å². The molecule has 86 valence electrons. The Labute approximate surface area is 96.2 Å². The zero-order valence-corrected chi connectivity index (χ0v) is 9.41. The van der Waals surface area contributed by atoms with Gasteiger partial charge in [-0.1, -0.05) is 18.2 Å². The molecule has 1 aliphatic rings. The van der Waals surface area contributed by atoms with Crippen molar-refractivity contribution in [3.05, 3.63) is 35.9 Å². The Morgan fingerprint density at radius 3 is 2.81 bits per heavy atom. The quantitative estimate of drug-likeness (QED) is 0.791. The van der Waals surface area contributed by atoms with Crippen molar-refractivity contribution in [3.8, 4) is 0 Å². The smallest absolute Gasteiger partial charge is 0.251 e. The van der Waals surface area contributed by atoms with E-state index in [4.69, 9.17) is 0 Å². The number of hydrogen-bond acceptors (Lipinski definition) is 2. The van der Waals surface area contributed by atoms with Gasteiger partial charge in [0.15, 0.2) is 0 Å². The number of carbonyl (C=O) groups is 1. The number of nitrogens with one attached hydrogen (secondary N) is 2. The summed E-state index contributed by atoms with van der Waals surface area (Å²) < 4.78 is 0. The molecule has 0 spiro atoms. The summed E-state index contributed by atoms with van der Waals surface area (Å²) in [4.78, 5) is 11.9. The number of rotatable bonds is 2. The first kappa shape index (κ1) is 11.1. The molecule has 2 N–H and O–H groups in total. The topological polar surface area (TPSA) is 41.1 Å². The predicted octanol–water partition coefficient (Wildman–Crippen LogP) is 1.56. The zero-order chi connectivity index (χ0) is 11.2. The lowest BCUT2D eigenvalue weighted by Crippen LogP contribution is -2.35. The fourth-order valence-electron chi connectivity index (χ4n) is 2.02. The summed E-state index contributed by atoms with van der Waals surface area (Å²) >= 11 is 0. The molecule has 1 aromatic rings. The van der Waals surface area contributed by atoms with Crippen LogP contribution in [0.5, 0.6) is 0 Å². The number of amides is 1. The van der Waals surface area contributed by atoms with Crippen molar-refractivity contribution in [1.29, 1.82) is 0 Å². The molecule has 0 aromatic heterocycles. The highest BCUT2D eigenvalue weighted by Gasteiger charge is 2.14. The van der Waals surface area contributed by atoms with E-state index in [0.29, 0.717) is 6.04 Å². The molecule has 1 aliphatic heterocycles. The van der Waals surface area contributed by atoms with Gasteiger partial charge in [-0.05, 0) is 44.5 Å². The Hall–Kier alpha value is -1.35. The SMILES string of the molecule is O=C(N[C@@H]1CCCNCC1)c1ccccc1. The Kier molecular flexibility index (Phi) is 3.94. The molecule has 0 saturated carbocycles. The average molecular weight is 218 g/mol. The van der Waals surface area contributed by atoms with Gasteiger partial charge in [-0.25, -0.2) is 0 Å². The van der Waals surface area contributed by atoms with Crippen LogP contribution in [0.15, 0.2) is 30.3 Å². The van der Waals surface area contributed by atoms with Gasteiger partial charge in [-0.2, -0.15) is 0 Å². The third kappa shape index (κ3) is 3.07. The van der Waals surface area contributed by atoms with Crippen molar-refractivity contribution in [2.24, 2.45) is 0 Å². The average Bonchev–Trinajstić information content (AvgIpc) is 2.59. The highest BCUT2D eigenvalue weighted by molar-refractivity contribution is 5.94. The Morgan fingerprint density at radius 1 is 1.19 bits per heavy atom. The van der Waals surface area contributed by atoms with Crippen LogP contribution in [0.2, 0.25) is 0 Å². The Balaban J connectivity index is 1.91. The molecule has 2 rings (SSSR count). The second-order valence-corrected chi connectivity index (χ2v) is 4.22. The normalized spacial score (nSPS) is 21.1. The van der Waals surface area contributed by atoms with E-state index in [0.717, 1.165) is 37.9 Å². The molecule has 1 amide bonds. The maximum absolute atomic E-state index is 11.9. The number of hydrogen-bond donors (Lipinski definition) is 2. The van der Waals surface area contributed by atoms with Crippen LogP contribution in [0.1, 0.15) is 29.6 Å². The highest BCUT2D eigenvalue weighted by atomic mass is 16.1. The van der Waals surface area contributed by atoms with E-state index in [1.807, 2.05) is 30.3 Å². The monoisotopic (exact) mass is 218 g/mol. The molecular weight excluding hydrogens is 200 g/mol. The maximum atomic E-state index is 11.9. The molecular formula is C13H18N2O. The first-order valence-corrected chi connectivity index (χ1v) is 5.93. The fraction of sp³-hybridized carbons (Fsp3) is 0.462. The molecule has 1 atom stereocenters. The lowest BCUT2D eigenvalue weighted by atomic mass is 10.1. The van der Waals surface area contributed by atoms with E-state index in [-0.39, 0.29) is 5.91 Å². The molecule has 0 unspecified atom stereocenters. The summed E-state index contributed by atoms with van der Waals surface area (Å²) in [5.41, 5.74) is 0.750. The summed E-state index contributed by atoms with van der Waals surface area (Å²) in [6.45, 7) is 2.07. The van der Waals surface area contributed by atoms with Crippen LogP contribution in [0.3, 0.4) is 0 Å². The van der Waals surface area contributed by atoms with Gasteiger partial charge in [0.25, 0.3) is 5.91 Å². The Bertz CT molecular complexity index is 329. The predicted molar refractivity (Wildman–Crippen MR) is 64.4 cm³/mol. The molecule has 1 heterocycles. The van der Waals surface area contributed by atoms with Crippen molar-refractivity contribution in [1.82, 2.24) is 10.6 Å². The van der Waals surface area contributed by atoms with E-state index in [1.165, 1.54) is 0 Å². The van der Waals surface area contributed by atoms with Crippen LogP contribution < -0.4 is 10.6 Å². The third-order valence-electron chi connectivity index (χ3n) is 2.95. The van der Waals surface area contributed by atoms with E-state index in [1.54, 1.807) is 0 Å². The molecule has 3 heteroatoms. The summed E-state index contributed by atoms with van der Waals surface area (Å²) in [6.07, 6.45) is 3.24. The van der Waals surface area contributed by atoms with Gasteiger partial charge in [-0.3, -0.25) is 4.79 Å². The minimum absolute atomic E-state index is 0.0486. The zero-order valence-electron chi connectivity index (χ0n) is 9.41. The van der Waals surface area contributed by atoms with Gasteiger partial charge in [0.05, 0.1) is 0 Å². The van der Waals surface area contributed by atoms with E-state index in [2.05, 4.69) is 10.6 Å². The van der Waals surface area contributed by atoms with Gasteiger partial charge in [-0.15, -0.1) is 0 Å². The van der Waals surface area contributed by atoms with Crippen LogP contribution in [0.4, 0.5) is 0 Å². The van der Waals surface area contributed by atoms with E-state index in [9.17, 15) is 4.79 Å². The second kappa shape index (κ2) is 5.66. The van der Waals surface area contributed by atoms with Crippen molar-refractivity contribution >= 4 is 5.91 Å². The Morgan fingerprint density at radius 2 is 2.00 bits per heavy atom. The number of carbonyl (C=O) groups excluding carboxylic acids is 1. The summed E-state index contributed by atoms with van der Waals surface area (Å²) in [6, 6.07) is 9.73. The van der Waals surface area contributed by atoms with Crippen LogP contribution in [-0.2, 0) is 0 Å². The summed E-state index contributed by atoms with van der Waals surface area (Å²) in [7, 11) is 0. The summed E-state index contributed by atoms with van der Waals surface area (Å²) in [5.74, 6) is 0.0486. The van der Waals surface area contributed by atoms with Gasteiger partial charge >= 0.3 is 0 Å². The van der Waals surface area contributed by atoms with Gasteiger partial charge in [0.1, 0.15) is 0 Å². The first-order chi connectivity index (χ1) is 7.86. The van der Waals surface area contributed by atoms with Crippen LogP contribution in [0.25, 0.3) is 0 Å². The highest BCUT2D eigenvalue weighted by Crippen LogP contribution is 2.06. The molecule has 16 heavy (non-hydrogen) atoms. The lowest BCUT2D eigenvalue weighted by molar-refractivity contribution is 0.0934. The minimum atomic E-state index is 0.0486.